The van der Waals surface area contributed by atoms with E-state index in [0.29, 0.717) is 29.2 Å². The Balaban J connectivity index is 1.51. The Morgan fingerprint density at radius 1 is 1.00 bits per heavy atom. The lowest BCUT2D eigenvalue weighted by atomic mass is 10.1. The minimum atomic E-state index is -5.59. The molecular weight excluding hydrogens is 531 g/mol. The number of fused-ring (bicyclic) bond motifs is 2. The van der Waals surface area contributed by atoms with Crippen molar-refractivity contribution in [1.29, 1.82) is 0 Å². The number of rotatable bonds is 6. The highest BCUT2D eigenvalue weighted by atomic mass is 32.2. The van der Waals surface area contributed by atoms with Gasteiger partial charge in [-0.15, -0.1) is 0 Å². The quantitative estimate of drug-likeness (QED) is 0.281. The Morgan fingerprint density at radius 2 is 1.74 bits per heavy atom. The fourth-order valence-electron chi connectivity index (χ4n) is 4.50. The number of halogens is 3. The first-order valence-electron chi connectivity index (χ1n) is 11.9. The zero-order valence-electron chi connectivity index (χ0n) is 21.2. The Hall–Kier alpha value is -4.03. The van der Waals surface area contributed by atoms with Crippen molar-refractivity contribution in [2.75, 3.05) is 4.72 Å². The summed E-state index contributed by atoms with van der Waals surface area (Å²) in [5.41, 5.74) is -0.486. The fourth-order valence-corrected chi connectivity index (χ4v) is 5.08. The van der Waals surface area contributed by atoms with Crippen LogP contribution in [0.25, 0.3) is 33.3 Å². The third-order valence-electron chi connectivity index (χ3n) is 6.27. The van der Waals surface area contributed by atoms with Crippen molar-refractivity contribution in [3.8, 4) is 11.3 Å². The summed E-state index contributed by atoms with van der Waals surface area (Å²) in [6.45, 7) is 5.90. The highest BCUT2D eigenvalue weighted by Gasteiger charge is 2.46. The van der Waals surface area contributed by atoms with Gasteiger partial charge in [0, 0.05) is 16.6 Å². The van der Waals surface area contributed by atoms with Crippen LogP contribution < -0.4 is 4.72 Å². The standard InChI is InChI=1S/C27H24F3N5O3S/c1-15-12-16(2)31-26-24(15)33-25(17(3)36)35(26)14-18-8-10-21-19(13-18)9-11-22(32-21)20-6-4-5-7-23(20)34-39(37,38)27(28,29)30/h4-13,17,34,36H,14H2,1-3H3. The molecule has 0 aliphatic heterocycles. The van der Waals surface area contributed by atoms with E-state index in [1.54, 1.807) is 35.9 Å². The normalized spacial score (nSPS) is 13.2. The number of imidazole rings is 1. The minimum Gasteiger partial charge on any atom is -0.385 e. The summed E-state index contributed by atoms with van der Waals surface area (Å²) in [6, 6.07) is 16.7. The van der Waals surface area contributed by atoms with Gasteiger partial charge < -0.3 is 9.67 Å². The number of para-hydroxylation sites is 1. The molecule has 202 valence electrons. The first-order chi connectivity index (χ1) is 18.3. The van der Waals surface area contributed by atoms with Crippen molar-refractivity contribution in [2.45, 2.75) is 38.9 Å². The summed E-state index contributed by atoms with van der Waals surface area (Å²) in [4.78, 5) is 13.8. The van der Waals surface area contributed by atoms with Crippen LogP contribution in [0.15, 0.2) is 60.7 Å². The van der Waals surface area contributed by atoms with Gasteiger partial charge in [0.2, 0.25) is 0 Å². The molecule has 0 aliphatic rings. The topological polar surface area (TPSA) is 110 Å². The number of anilines is 1. The molecule has 0 amide bonds. The molecule has 8 nitrogen and oxygen atoms in total. The molecule has 39 heavy (non-hydrogen) atoms. The first-order valence-corrected chi connectivity index (χ1v) is 13.4. The van der Waals surface area contributed by atoms with Crippen molar-refractivity contribution in [3.05, 3.63) is 83.3 Å². The molecule has 12 heteroatoms. The highest BCUT2D eigenvalue weighted by Crippen LogP contribution is 2.32. The van der Waals surface area contributed by atoms with E-state index in [4.69, 9.17) is 0 Å². The lowest BCUT2D eigenvalue weighted by molar-refractivity contribution is -0.0429. The second-order valence-corrected chi connectivity index (χ2v) is 11.0. The maximum atomic E-state index is 12.9. The van der Waals surface area contributed by atoms with Crippen molar-refractivity contribution in [2.24, 2.45) is 0 Å². The second-order valence-electron chi connectivity index (χ2n) is 9.31. The van der Waals surface area contributed by atoms with Gasteiger partial charge in [0.05, 0.1) is 23.4 Å². The lowest BCUT2D eigenvalue weighted by Crippen LogP contribution is -2.30. The Morgan fingerprint density at radius 3 is 2.46 bits per heavy atom. The average molecular weight is 556 g/mol. The Labute approximate surface area is 222 Å². The number of aliphatic hydroxyl groups is 1. The summed E-state index contributed by atoms with van der Waals surface area (Å²) in [5, 5.41) is 11.1. The number of nitrogens with zero attached hydrogens (tertiary/aromatic N) is 4. The Kier molecular flexibility index (Phi) is 6.55. The number of pyridine rings is 2. The van der Waals surface area contributed by atoms with E-state index in [1.165, 1.54) is 18.2 Å². The smallest absolute Gasteiger partial charge is 0.385 e. The summed E-state index contributed by atoms with van der Waals surface area (Å²) in [6.07, 6.45) is -0.807. The monoisotopic (exact) mass is 555 g/mol. The largest absolute Gasteiger partial charge is 0.516 e. The average Bonchev–Trinajstić information content (AvgIpc) is 3.22. The van der Waals surface area contributed by atoms with Crippen LogP contribution in [0.3, 0.4) is 0 Å². The summed E-state index contributed by atoms with van der Waals surface area (Å²) < 4.78 is 65.7. The summed E-state index contributed by atoms with van der Waals surface area (Å²) in [5.74, 6) is 0.498. The van der Waals surface area contributed by atoms with E-state index in [2.05, 4.69) is 15.0 Å². The van der Waals surface area contributed by atoms with Crippen LogP contribution in [-0.4, -0.2) is 38.6 Å². The lowest BCUT2D eigenvalue weighted by Gasteiger charge is -2.14. The number of sulfonamides is 1. The number of aromatic nitrogens is 4. The van der Waals surface area contributed by atoms with Gasteiger partial charge in [-0.2, -0.15) is 21.6 Å². The number of aliphatic hydroxyl groups excluding tert-OH is 1. The van der Waals surface area contributed by atoms with Crippen LogP contribution in [0.1, 0.15) is 35.7 Å². The van der Waals surface area contributed by atoms with Crippen LogP contribution >= 0.6 is 0 Å². The highest BCUT2D eigenvalue weighted by molar-refractivity contribution is 7.93. The predicted molar refractivity (Wildman–Crippen MR) is 143 cm³/mol. The van der Waals surface area contributed by atoms with E-state index in [0.717, 1.165) is 27.7 Å². The molecule has 3 heterocycles. The van der Waals surface area contributed by atoms with Gasteiger partial charge in [0.15, 0.2) is 5.65 Å². The van der Waals surface area contributed by atoms with Crippen LogP contribution in [0.5, 0.6) is 0 Å². The predicted octanol–water partition coefficient (Wildman–Crippen LogP) is 5.63. The summed E-state index contributed by atoms with van der Waals surface area (Å²) >= 11 is 0. The van der Waals surface area contributed by atoms with Crippen LogP contribution in [0.2, 0.25) is 0 Å². The molecule has 3 aromatic heterocycles. The van der Waals surface area contributed by atoms with Crippen LogP contribution in [0, 0.1) is 13.8 Å². The van der Waals surface area contributed by atoms with Gasteiger partial charge in [0.1, 0.15) is 17.4 Å². The van der Waals surface area contributed by atoms with E-state index in [1.807, 2.05) is 36.6 Å². The zero-order chi connectivity index (χ0) is 28.1. The molecule has 0 fully saturated rings. The van der Waals surface area contributed by atoms with Gasteiger partial charge >= 0.3 is 15.5 Å². The molecule has 5 aromatic rings. The number of nitrogens with one attached hydrogen (secondary N) is 1. The fraction of sp³-hybridized carbons (Fsp3) is 0.222. The van der Waals surface area contributed by atoms with Gasteiger partial charge in [-0.25, -0.2) is 15.0 Å². The molecule has 2 aromatic carbocycles. The van der Waals surface area contributed by atoms with E-state index < -0.39 is 21.6 Å². The molecule has 2 N–H and O–H groups in total. The maximum Gasteiger partial charge on any atom is 0.516 e. The number of aryl methyl sites for hydroxylation is 2. The van der Waals surface area contributed by atoms with Gasteiger partial charge in [-0.05, 0) is 62.2 Å². The maximum absolute atomic E-state index is 12.9. The first kappa shape index (κ1) is 26.6. The third kappa shape index (κ3) is 5.04. The van der Waals surface area contributed by atoms with Gasteiger partial charge in [0.25, 0.3) is 0 Å². The van der Waals surface area contributed by atoms with Crippen molar-refractivity contribution in [1.82, 2.24) is 19.5 Å². The van der Waals surface area contributed by atoms with Crippen molar-refractivity contribution in [3.63, 3.8) is 0 Å². The van der Waals surface area contributed by atoms with Crippen LogP contribution in [0.4, 0.5) is 18.9 Å². The molecule has 1 atom stereocenters. The summed E-state index contributed by atoms with van der Waals surface area (Å²) in [7, 11) is -5.59. The third-order valence-corrected chi connectivity index (χ3v) is 7.37. The number of benzene rings is 2. The molecule has 0 saturated carbocycles. The van der Waals surface area contributed by atoms with Gasteiger partial charge in [-0.1, -0.05) is 30.3 Å². The zero-order valence-corrected chi connectivity index (χ0v) is 22.0. The molecule has 0 spiro atoms. The SMILES string of the molecule is Cc1cc(C)c2nc(C(C)O)n(Cc3ccc4nc(-c5ccccc5NS(=O)(=O)C(F)(F)F)ccc4c3)c2n1. The molecule has 0 radical (unpaired) electrons. The molecule has 0 bridgehead atoms. The molecule has 0 aliphatic carbocycles. The minimum absolute atomic E-state index is 0.208. The van der Waals surface area contributed by atoms with E-state index >= 15 is 0 Å². The molecular formula is C27H24F3N5O3S. The Bertz CT molecular complexity index is 1830. The number of hydrogen-bond acceptors (Lipinski definition) is 6. The second kappa shape index (κ2) is 9.62. The number of alkyl halides is 3. The van der Waals surface area contributed by atoms with Crippen molar-refractivity contribution >= 4 is 37.8 Å². The van der Waals surface area contributed by atoms with Crippen LogP contribution in [-0.2, 0) is 16.6 Å². The van der Waals surface area contributed by atoms with Gasteiger partial charge in [-0.3, -0.25) is 4.72 Å². The van der Waals surface area contributed by atoms with E-state index in [9.17, 15) is 26.7 Å². The van der Waals surface area contributed by atoms with E-state index in [-0.39, 0.29) is 11.3 Å². The molecule has 5 rings (SSSR count). The number of hydrogen-bond donors (Lipinski definition) is 2. The molecule has 1 unspecified atom stereocenters. The van der Waals surface area contributed by atoms with Crippen molar-refractivity contribution < 1.29 is 26.7 Å². The molecule has 0 saturated heterocycles.